The lowest BCUT2D eigenvalue weighted by molar-refractivity contribution is -0.917. The van der Waals surface area contributed by atoms with Crippen LogP contribution in [0.5, 0.6) is 0 Å². The van der Waals surface area contributed by atoms with Gasteiger partial charge in [0, 0.05) is 23.7 Å². The molecule has 0 amide bonds. The summed E-state index contributed by atoms with van der Waals surface area (Å²) in [5.41, 5.74) is 1.23. The molecular weight excluding hydrogens is 330 g/mol. The molecule has 2 aliphatic heterocycles. The van der Waals surface area contributed by atoms with Crippen molar-refractivity contribution in [3.63, 3.8) is 0 Å². The Labute approximate surface area is 148 Å². The van der Waals surface area contributed by atoms with Gasteiger partial charge in [-0.1, -0.05) is 29.8 Å². The molecule has 0 aliphatic carbocycles. The van der Waals surface area contributed by atoms with Crippen LogP contribution in [0.2, 0.25) is 5.02 Å². The predicted molar refractivity (Wildman–Crippen MR) is 97.0 cm³/mol. The second-order valence-corrected chi connectivity index (χ2v) is 7.12. The van der Waals surface area contributed by atoms with Crippen LogP contribution in [0.4, 0.5) is 0 Å². The number of quaternary nitrogens is 1. The quantitative estimate of drug-likeness (QED) is 0.792. The summed E-state index contributed by atoms with van der Waals surface area (Å²) in [6.07, 6.45) is 2.65. The topological polar surface area (TPSA) is 28.9 Å². The molecule has 1 atom stereocenters. The van der Waals surface area contributed by atoms with E-state index in [9.17, 15) is 0 Å². The van der Waals surface area contributed by atoms with E-state index in [1.807, 2.05) is 12.1 Å². The number of halogens is 1. The first-order valence-electron chi connectivity index (χ1n) is 8.44. The number of benzene rings is 1. The molecule has 2 saturated heterocycles. The van der Waals surface area contributed by atoms with Crippen molar-refractivity contribution in [3.8, 4) is 0 Å². The van der Waals surface area contributed by atoms with Crippen LogP contribution < -0.4 is 10.2 Å². The van der Waals surface area contributed by atoms with E-state index in [0.29, 0.717) is 6.10 Å². The van der Waals surface area contributed by atoms with Gasteiger partial charge in [0.2, 0.25) is 0 Å². The molecule has 0 saturated carbocycles. The Morgan fingerprint density at radius 3 is 2.83 bits per heavy atom. The first kappa shape index (κ1) is 17.0. The molecule has 0 spiro atoms. The Kier molecular flexibility index (Phi) is 6.11. The zero-order chi connectivity index (χ0) is 16.1. The van der Waals surface area contributed by atoms with Gasteiger partial charge in [-0.2, -0.15) is 0 Å². The highest BCUT2D eigenvalue weighted by molar-refractivity contribution is 7.80. The predicted octanol–water partition coefficient (Wildman–Crippen LogP) is 1.09. The van der Waals surface area contributed by atoms with Gasteiger partial charge in [-0.25, -0.2) is 0 Å². The van der Waals surface area contributed by atoms with Crippen molar-refractivity contribution in [2.75, 3.05) is 39.3 Å². The highest BCUT2D eigenvalue weighted by Crippen LogP contribution is 2.13. The summed E-state index contributed by atoms with van der Waals surface area (Å²) in [5.74, 6) is 0. The third kappa shape index (κ3) is 4.80. The molecule has 0 unspecified atom stereocenters. The number of nitrogens with zero attached hydrogens (tertiary/aromatic N) is 1. The van der Waals surface area contributed by atoms with Crippen LogP contribution >= 0.6 is 23.8 Å². The minimum absolute atomic E-state index is 0.333. The lowest BCUT2D eigenvalue weighted by atomic mass is 10.2. The number of nitrogens with one attached hydrogen (secondary N) is 2. The zero-order valence-electron chi connectivity index (χ0n) is 13.4. The minimum Gasteiger partial charge on any atom is -0.376 e. The molecule has 6 heteroatoms. The summed E-state index contributed by atoms with van der Waals surface area (Å²) in [6, 6.07) is 8.13. The lowest BCUT2D eigenvalue weighted by Gasteiger charge is -2.34. The number of ether oxygens (including phenoxy) is 1. The smallest absolute Gasteiger partial charge is 0.169 e. The van der Waals surface area contributed by atoms with Crippen molar-refractivity contribution in [3.05, 3.63) is 34.9 Å². The Hall–Kier alpha value is -0.880. The van der Waals surface area contributed by atoms with Crippen molar-refractivity contribution >= 4 is 28.9 Å². The maximum Gasteiger partial charge on any atom is 0.169 e. The van der Waals surface area contributed by atoms with E-state index in [2.05, 4.69) is 22.3 Å². The van der Waals surface area contributed by atoms with Gasteiger partial charge in [0.1, 0.15) is 6.54 Å². The van der Waals surface area contributed by atoms with Gasteiger partial charge in [-0.15, -0.1) is 0 Å². The first-order valence-corrected chi connectivity index (χ1v) is 9.22. The van der Waals surface area contributed by atoms with Crippen LogP contribution in [0.1, 0.15) is 18.4 Å². The fourth-order valence-corrected chi connectivity index (χ4v) is 3.70. The van der Waals surface area contributed by atoms with Gasteiger partial charge in [-0.05, 0) is 31.1 Å². The van der Waals surface area contributed by atoms with Crippen LogP contribution in [-0.4, -0.2) is 55.4 Å². The Balaban J connectivity index is 1.41. The number of hydrogen-bond donors (Lipinski definition) is 2. The summed E-state index contributed by atoms with van der Waals surface area (Å²) in [4.78, 5) is 3.84. The van der Waals surface area contributed by atoms with Crippen LogP contribution in [0.15, 0.2) is 24.3 Å². The lowest BCUT2D eigenvalue weighted by Crippen LogP contribution is -3.13. The molecule has 2 aliphatic rings. The van der Waals surface area contributed by atoms with Crippen LogP contribution in [0.25, 0.3) is 0 Å². The van der Waals surface area contributed by atoms with Gasteiger partial charge >= 0.3 is 0 Å². The third-order valence-electron chi connectivity index (χ3n) is 4.66. The Morgan fingerprint density at radius 2 is 2.13 bits per heavy atom. The number of piperazine rings is 1. The molecule has 23 heavy (non-hydrogen) atoms. The average Bonchev–Trinajstić information content (AvgIpc) is 3.09. The van der Waals surface area contributed by atoms with Crippen LogP contribution in [0, 0.1) is 0 Å². The summed E-state index contributed by atoms with van der Waals surface area (Å²) in [6.45, 7) is 6.90. The maximum atomic E-state index is 6.26. The molecule has 2 N–H and O–H groups in total. The molecule has 0 bridgehead atoms. The standard InChI is InChI=1S/C17H24ClN3OS/c18-16-6-2-1-4-14(16)13-20-7-9-21(10-8-20)17(23)19-12-15-5-3-11-22-15/h1-2,4,6,15H,3,5,7-13H2,(H,19,23)/p+1/t15-/m1/s1. The van der Waals surface area contributed by atoms with E-state index in [0.717, 1.165) is 62.4 Å². The van der Waals surface area contributed by atoms with Crippen molar-refractivity contribution < 1.29 is 9.64 Å². The number of rotatable bonds is 4. The molecule has 1 aromatic rings. The van der Waals surface area contributed by atoms with Gasteiger partial charge in [0.05, 0.1) is 32.3 Å². The average molecular weight is 355 g/mol. The van der Waals surface area contributed by atoms with E-state index in [1.54, 1.807) is 4.90 Å². The monoisotopic (exact) mass is 354 g/mol. The summed E-state index contributed by atoms with van der Waals surface area (Å²) in [7, 11) is 0. The SMILES string of the molecule is S=C(NC[C@H]1CCCO1)N1CC[NH+](Cc2ccccc2Cl)CC1. The van der Waals surface area contributed by atoms with E-state index in [4.69, 9.17) is 28.6 Å². The molecule has 0 aromatic heterocycles. The maximum absolute atomic E-state index is 6.26. The molecule has 2 heterocycles. The zero-order valence-corrected chi connectivity index (χ0v) is 15.0. The molecule has 1 aromatic carbocycles. The number of thiocarbonyl (C=S) groups is 1. The minimum atomic E-state index is 0.333. The van der Waals surface area contributed by atoms with E-state index >= 15 is 0 Å². The van der Waals surface area contributed by atoms with Gasteiger partial charge in [0.25, 0.3) is 0 Å². The second kappa shape index (κ2) is 8.29. The second-order valence-electron chi connectivity index (χ2n) is 6.33. The van der Waals surface area contributed by atoms with E-state index in [1.165, 1.54) is 12.0 Å². The molecular formula is C17H25ClN3OS+. The molecule has 4 nitrogen and oxygen atoms in total. The Bertz CT molecular complexity index is 528. The van der Waals surface area contributed by atoms with Gasteiger partial charge in [0.15, 0.2) is 5.11 Å². The molecule has 2 fully saturated rings. The van der Waals surface area contributed by atoms with Crippen molar-refractivity contribution in [2.24, 2.45) is 0 Å². The molecule has 3 rings (SSSR count). The van der Waals surface area contributed by atoms with Crippen LogP contribution in [-0.2, 0) is 11.3 Å². The number of hydrogen-bond acceptors (Lipinski definition) is 2. The summed E-state index contributed by atoms with van der Waals surface area (Å²) < 4.78 is 5.63. The van der Waals surface area contributed by atoms with Crippen molar-refractivity contribution in [1.82, 2.24) is 10.2 Å². The fourth-order valence-electron chi connectivity index (χ4n) is 3.23. The third-order valence-corrected chi connectivity index (χ3v) is 5.43. The summed E-state index contributed by atoms with van der Waals surface area (Å²) in [5, 5.41) is 5.11. The largest absolute Gasteiger partial charge is 0.376 e. The van der Waals surface area contributed by atoms with Gasteiger partial charge < -0.3 is 19.9 Å². The van der Waals surface area contributed by atoms with Crippen LogP contribution in [0.3, 0.4) is 0 Å². The fraction of sp³-hybridized carbons (Fsp3) is 0.588. The van der Waals surface area contributed by atoms with Crippen molar-refractivity contribution in [2.45, 2.75) is 25.5 Å². The molecule has 126 valence electrons. The highest BCUT2D eigenvalue weighted by atomic mass is 35.5. The van der Waals surface area contributed by atoms with Gasteiger partial charge in [-0.3, -0.25) is 0 Å². The van der Waals surface area contributed by atoms with Crippen molar-refractivity contribution in [1.29, 1.82) is 0 Å². The van der Waals surface area contributed by atoms with E-state index in [-0.39, 0.29) is 0 Å². The highest BCUT2D eigenvalue weighted by Gasteiger charge is 2.23. The Morgan fingerprint density at radius 1 is 1.35 bits per heavy atom. The van der Waals surface area contributed by atoms with E-state index < -0.39 is 0 Å². The summed E-state index contributed by atoms with van der Waals surface area (Å²) >= 11 is 11.8. The first-order chi connectivity index (χ1) is 11.2. The normalized spacial score (nSPS) is 22.3. The molecule has 0 radical (unpaired) electrons.